The fourth-order valence-electron chi connectivity index (χ4n) is 2.91. The molecule has 0 amide bonds. The van der Waals surface area contributed by atoms with Crippen LogP contribution < -0.4 is 11.1 Å². The largest absolute Gasteiger partial charge is 0.330 e. The van der Waals surface area contributed by atoms with Gasteiger partial charge in [0, 0.05) is 6.04 Å². The first kappa shape index (κ1) is 15.0. The molecule has 102 valence electrons. The van der Waals surface area contributed by atoms with Crippen molar-refractivity contribution < 1.29 is 0 Å². The minimum atomic E-state index is 0.628. The number of hydrogen-bond acceptors (Lipinski definition) is 2. The highest BCUT2D eigenvalue weighted by Crippen LogP contribution is 2.25. The van der Waals surface area contributed by atoms with Crippen LogP contribution >= 0.6 is 0 Å². The highest BCUT2D eigenvalue weighted by atomic mass is 14.9. The zero-order valence-corrected chi connectivity index (χ0v) is 12.0. The first-order chi connectivity index (χ1) is 8.15. The van der Waals surface area contributed by atoms with Crippen molar-refractivity contribution in [2.75, 3.05) is 13.1 Å². The van der Waals surface area contributed by atoms with Gasteiger partial charge in [-0.3, -0.25) is 0 Å². The Hall–Kier alpha value is -0.0800. The van der Waals surface area contributed by atoms with Gasteiger partial charge in [-0.05, 0) is 50.6 Å². The van der Waals surface area contributed by atoms with Crippen molar-refractivity contribution in [1.82, 2.24) is 5.32 Å². The van der Waals surface area contributed by atoms with Crippen molar-refractivity contribution >= 4 is 0 Å². The van der Waals surface area contributed by atoms with Crippen LogP contribution in [0.5, 0.6) is 0 Å². The summed E-state index contributed by atoms with van der Waals surface area (Å²) in [6.45, 7) is 8.81. The van der Waals surface area contributed by atoms with Crippen molar-refractivity contribution in [2.45, 2.75) is 65.3 Å². The molecule has 2 nitrogen and oxygen atoms in total. The van der Waals surface area contributed by atoms with Gasteiger partial charge in [0.1, 0.15) is 0 Å². The molecule has 1 rings (SSSR count). The third-order valence-corrected chi connectivity index (χ3v) is 4.55. The molecule has 1 aliphatic carbocycles. The van der Waals surface area contributed by atoms with Crippen molar-refractivity contribution in [3.63, 3.8) is 0 Å². The summed E-state index contributed by atoms with van der Waals surface area (Å²) in [4.78, 5) is 0. The summed E-state index contributed by atoms with van der Waals surface area (Å²) in [6.07, 6.45) is 8.59. The molecule has 0 spiro atoms. The Labute approximate surface area is 108 Å². The first-order valence-electron chi connectivity index (χ1n) is 7.58. The Morgan fingerprint density at radius 1 is 1.06 bits per heavy atom. The monoisotopic (exact) mass is 240 g/mol. The lowest BCUT2D eigenvalue weighted by Crippen LogP contribution is -2.40. The van der Waals surface area contributed by atoms with E-state index in [0.29, 0.717) is 17.9 Å². The van der Waals surface area contributed by atoms with E-state index in [4.69, 9.17) is 5.73 Å². The summed E-state index contributed by atoms with van der Waals surface area (Å²) in [6, 6.07) is 0.668. The van der Waals surface area contributed by atoms with E-state index in [9.17, 15) is 0 Å². The van der Waals surface area contributed by atoms with Gasteiger partial charge >= 0.3 is 0 Å². The van der Waals surface area contributed by atoms with Crippen LogP contribution in [0.3, 0.4) is 0 Å². The molecule has 1 saturated carbocycles. The zero-order valence-electron chi connectivity index (χ0n) is 12.0. The van der Waals surface area contributed by atoms with E-state index in [1.165, 1.54) is 38.5 Å². The third-order valence-electron chi connectivity index (χ3n) is 4.55. The lowest BCUT2D eigenvalue weighted by molar-refractivity contribution is 0.295. The van der Waals surface area contributed by atoms with Gasteiger partial charge in [-0.25, -0.2) is 0 Å². The van der Waals surface area contributed by atoms with Gasteiger partial charge in [0.2, 0.25) is 0 Å². The minimum Gasteiger partial charge on any atom is -0.330 e. The summed E-state index contributed by atoms with van der Waals surface area (Å²) < 4.78 is 0. The third kappa shape index (κ3) is 5.39. The molecule has 0 saturated heterocycles. The van der Waals surface area contributed by atoms with Gasteiger partial charge in [-0.2, -0.15) is 0 Å². The predicted molar refractivity (Wildman–Crippen MR) is 76.0 cm³/mol. The maximum atomic E-state index is 5.82. The van der Waals surface area contributed by atoms with Gasteiger partial charge in [0.05, 0.1) is 0 Å². The lowest BCUT2D eigenvalue weighted by atomic mass is 9.91. The Kier molecular flexibility index (Phi) is 7.14. The van der Waals surface area contributed by atoms with Gasteiger partial charge in [0.25, 0.3) is 0 Å². The summed E-state index contributed by atoms with van der Waals surface area (Å²) >= 11 is 0. The molecule has 2 heteroatoms. The molecule has 0 radical (unpaired) electrons. The van der Waals surface area contributed by atoms with Crippen molar-refractivity contribution in [1.29, 1.82) is 0 Å². The van der Waals surface area contributed by atoms with E-state index >= 15 is 0 Å². The van der Waals surface area contributed by atoms with E-state index in [1.807, 2.05) is 0 Å². The van der Waals surface area contributed by atoms with Crippen LogP contribution in [0.2, 0.25) is 0 Å². The van der Waals surface area contributed by atoms with E-state index in [0.717, 1.165) is 19.0 Å². The quantitative estimate of drug-likeness (QED) is 0.700. The van der Waals surface area contributed by atoms with Crippen LogP contribution in [0.1, 0.15) is 59.3 Å². The van der Waals surface area contributed by atoms with E-state index in [-0.39, 0.29) is 0 Å². The van der Waals surface area contributed by atoms with Gasteiger partial charge in [0.15, 0.2) is 0 Å². The van der Waals surface area contributed by atoms with Crippen LogP contribution in [-0.2, 0) is 0 Å². The molecule has 1 aliphatic rings. The second-order valence-electron chi connectivity index (χ2n) is 6.19. The van der Waals surface area contributed by atoms with Crippen LogP contribution in [0, 0.1) is 17.8 Å². The molecule has 1 unspecified atom stereocenters. The smallest absolute Gasteiger partial charge is 0.00671 e. The van der Waals surface area contributed by atoms with Gasteiger partial charge in [-0.1, -0.05) is 39.5 Å². The van der Waals surface area contributed by atoms with Crippen LogP contribution in [0.4, 0.5) is 0 Å². The molecule has 0 heterocycles. The fourth-order valence-corrected chi connectivity index (χ4v) is 2.91. The van der Waals surface area contributed by atoms with Crippen molar-refractivity contribution in [2.24, 2.45) is 23.5 Å². The van der Waals surface area contributed by atoms with Crippen LogP contribution in [0.15, 0.2) is 0 Å². The molecule has 0 aromatic carbocycles. The summed E-state index contributed by atoms with van der Waals surface area (Å²) in [7, 11) is 0. The second-order valence-corrected chi connectivity index (χ2v) is 6.19. The van der Waals surface area contributed by atoms with E-state index in [1.54, 1.807) is 0 Å². The minimum absolute atomic E-state index is 0.628. The molecule has 0 aromatic rings. The number of hydrogen-bond donors (Lipinski definition) is 2. The Morgan fingerprint density at radius 2 is 1.65 bits per heavy atom. The number of nitrogens with one attached hydrogen (secondary N) is 1. The Balaban J connectivity index is 2.29. The Bertz CT molecular complexity index is 183. The van der Waals surface area contributed by atoms with Gasteiger partial charge < -0.3 is 11.1 Å². The number of rotatable bonds is 6. The average molecular weight is 240 g/mol. The molecule has 2 atom stereocenters. The average Bonchev–Trinajstić information content (AvgIpc) is 2.57. The summed E-state index contributed by atoms with van der Waals surface area (Å²) in [5.74, 6) is 2.21. The fraction of sp³-hybridized carbons (Fsp3) is 1.00. The Morgan fingerprint density at radius 3 is 2.12 bits per heavy atom. The SMILES string of the molecule is CC(C)C(CN)CN[C@@H](C)C1CCCCCC1. The molecule has 1 fully saturated rings. The highest BCUT2D eigenvalue weighted by molar-refractivity contribution is 4.77. The van der Waals surface area contributed by atoms with E-state index < -0.39 is 0 Å². The van der Waals surface area contributed by atoms with Crippen molar-refractivity contribution in [3.05, 3.63) is 0 Å². The summed E-state index contributed by atoms with van der Waals surface area (Å²) in [5, 5.41) is 3.73. The van der Waals surface area contributed by atoms with E-state index in [2.05, 4.69) is 26.1 Å². The van der Waals surface area contributed by atoms with Crippen LogP contribution in [0.25, 0.3) is 0 Å². The first-order valence-corrected chi connectivity index (χ1v) is 7.58. The van der Waals surface area contributed by atoms with Crippen molar-refractivity contribution in [3.8, 4) is 0 Å². The molecule has 17 heavy (non-hydrogen) atoms. The topological polar surface area (TPSA) is 38.0 Å². The molecule has 0 aromatic heterocycles. The molecule has 0 aliphatic heterocycles. The molecular formula is C15H32N2. The highest BCUT2D eigenvalue weighted by Gasteiger charge is 2.20. The standard InChI is InChI=1S/C15H32N2/c1-12(2)15(10-16)11-17-13(3)14-8-6-4-5-7-9-14/h12-15,17H,4-11,16H2,1-3H3/t13-,15?/m0/s1. The second kappa shape index (κ2) is 8.10. The predicted octanol–water partition coefficient (Wildman–Crippen LogP) is 3.17. The normalized spacial score (nSPS) is 22.4. The molecule has 3 N–H and O–H groups in total. The molecule has 0 bridgehead atoms. The molecular weight excluding hydrogens is 208 g/mol. The van der Waals surface area contributed by atoms with Gasteiger partial charge in [-0.15, -0.1) is 0 Å². The zero-order chi connectivity index (χ0) is 12.7. The maximum Gasteiger partial charge on any atom is 0.00671 e. The lowest BCUT2D eigenvalue weighted by Gasteiger charge is -2.27. The maximum absolute atomic E-state index is 5.82. The summed E-state index contributed by atoms with van der Waals surface area (Å²) in [5.41, 5.74) is 5.82. The number of nitrogens with two attached hydrogens (primary N) is 1. The van der Waals surface area contributed by atoms with Crippen LogP contribution in [-0.4, -0.2) is 19.1 Å².